The number of rotatable bonds is 5. The average molecular weight is 419 g/mol. The number of anilines is 1. The average Bonchev–Trinajstić information content (AvgIpc) is 3.08. The van der Waals surface area contributed by atoms with Crippen LogP contribution in [0.4, 0.5) is 5.69 Å². The van der Waals surface area contributed by atoms with Gasteiger partial charge < -0.3 is 20.5 Å². The minimum Gasteiger partial charge on any atom is -0.346 e. The lowest BCUT2D eigenvalue weighted by molar-refractivity contribution is -0.126. The van der Waals surface area contributed by atoms with Crippen molar-refractivity contribution >= 4 is 34.4 Å². The molecule has 0 bridgehead atoms. The molecule has 3 N–H and O–H groups in total. The highest BCUT2D eigenvalue weighted by Gasteiger charge is 2.30. The summed E-state index contributed by atoms with van der Waals surface area (Å²) >= 11 is 0. The molecule has 0 fully saturated rings. The number of benzene rings is 2. The largest absolute Gasteiger partial charge is 0.346 e. The molecule has 0 unspecified atom stereocenters. The van der Waals surface area contributed by atoms with E-state index in [2.05, 4.69) is 34.4 Å². The Morgan fingerprint density at radius 2 is 1.81 bits per heavy atom. The Labute approximate surface area is 180 Å². The third kappa shape index (κ3) is 4.01. The zero-order valence-electron chi connectivity index (χ0n) is 17.7. The first kappa shape index (κ1) is 20.6. The molecule has 2 atom stereocenters. The fourth-order valence-corrected chi connectivity index (χ4v) is 3.92. The number of amides is 3. The van der Waals surface area contributed by atoms with Crippen LogP contribution in [0.5, 0.6) is 0 Å². The van der Waals surface area contributed by atoms with Crippen molar-refractivity contribution in [2.75, 3.05) is 5.32 Å². The van der Waals surface area contributed by atoms with E-state index in [1.54, 1.807) is 24.3 Å². The van der Waals surface area contributed by atoms with Gasteiger partial charge in [0.25, 0.3) is 5.91 Å². The number of hydrogen-bond acceptors (Lipinski definition) is 4. The highest BCUT2D eigenvalue weighted by atomic mass is 16.2. The second-order valence-electron chi connectivity index (χ2n) is 7.98. The van der Waals surface area contributed by atoms with E-state index < -0.39 is 11.9 Å². The molecule has 1 aromatic heterocycles. The fourth-order valence-electron chi connectivity index (χ4n) is 3.92. The van der Waals surface area contributed by atoms with E-state index >= 15 is 0 Å². The molecule has 8 heteroatoms. The molecule has 4 rings (SSSR count). The Morgan fingerprint density at radius 1 is 1.10 bits per heavy atom. The fraction of sp³-hybridized carbons (Fsp3) is 0.304. The molecule has 0 spiro atoms. The molecule has 0 saturated carbocycles. The van der Waals surface area contributed by atoms with E-state index in [0.717, 1.165) is 16.9 Å². The first-order valence-corrected chi connectivity index (χ1v) is 10.3. The van der Waals surface area contributed by atoms with Crippen LogP contribution in [0.3, 0.4) is 0 Å². The van der Waals surface area contributed by atoms with E-state index in [0.29, 0.717) is 11.3 Å². The molecule has 8 nitrogen and oxygen atoms in total. The lowest BCUT2D eigenvalue weighted by Gasteiger charge is -2.20. The standard InChI is InChI=1S/C23H25N5O3/c1-13(2)28-19-11-7-6-10-17(19)25-21(28)14(3)24-20(29)12-18-23(31)26-16-9-5-4-8-15(16)22(30)27-18/h4-11,13-14,18H,12H2,1-3H3,(H,24,29)(H,26,31)(H,27,30)/t14-,18-/m0/s1. The van der Waals surface area contributed by atoms with Gasteiger partial charge in [0.15, 0.2) is 0 Å². The maximum atomic E-state index is 12.7. The highest BCUT2D eigenvalue weighted by Crippen LogP contribution is 2.25. The zero-order chi connectivity index (χ0) is 22.1. The Hall–Kier alpha value is -3.68. The number of carbonyl (C=O) groups is 3. The van der Waals surface area contributed by atoms with Gasteiger partial charge in [0.1, 0.15) is 11.9 Å². The van der Waals surface area contributed by atoms with Crippen LogP contribution in [0.25, 0.3) is 11.0 Å². The summed E-state index contributed by atoms with van der Waals surface area (Å²) in [5.74, 6) is -0.413. The summed E-state index contributed by atoms with van der Waals surface area (Å²) in [5, 5.41) is 8.29. The van der Waals surface area contributed by atoms with Crippen LogP contribution in [0, 0.1) is 0 Å². The van der Waals surface area contributed by atoms with Crippen LogP contribution in [0.15, 0.2) is 48.5 Å². The van der Waals surface area contributed by atoms with Crippen molar-refractivity contribution in [2.24, 2.45) is 0 Å². The lowest BCUT2D eigenvalue weighted by atomic mass is 10.1. The normalized spacial score (nSPS) is 17.0. The van der Waals surface area contributed by atoms with E-state index in [-0.39, 0.29) is 30.3 Å². The summed E-state index contributed by atoms with van der Waals surface area (Å²) in [4.78, 5) is 42.5. The molecule has 0 aliphatic carbocycles. The molecule has 1 aliphatic rings. The minimum atomic E-state index is -0.962. The lowest BCUT2D eigenvalue weighted by Crippen LogP contribution is -2.45. The Bertz CT molecular complexity index is 1170. The number of hydrogen-bond donors (Lipinski definition) is 3. The van der Waals surface area contributed by atoms with Crippen molar-refractivity contribution in [3.8, 4) is 0 Å². The number of aromatic nitrogens is 2. The van der Waals surface area contributed by atoms with Gasteiger partial charge in [-0.25, -0.2) is 4.98 Å². The van der Waals surface area contributed by atoms with Crippen molar-refractivity contribution < 1.29 is 14.4 Å². The summed E-state index contributed by atoms with van der Waals surface area (Å²) in [6.45, 7) is 5.99. The van der Waals surface area contributed by atoms with Crippen molar-refractivity contribution in [3.63, 3.8) is 0 Å². The number of nitrogens with one attached hydrogen (secondary N) is 3. The number of para-hydroxylation sites is 3. The maximum Gasteiger partial charge on any atom is 0.254 e. The summed E-state index contributed by atoms with van der Waals surface area (Å²) in [6, 6.07) is 13.4. The van der Waals surface area contributed by atoms with Crippen LogP contribution in [-0.4, -0.2) is 33.3 Å². The molecule has 1 aliphatic heterocycles. The van der Waals surface area contributed by atoms with E-state index in [1.165, 1.54) is 0 Å². The second kappa shape index (κ2) is 8.22. The summed E-state index contributed by atoms with van der Waals surface area (Å²) in [5.41, 5.74) is 2.67. The SMILES string of the molecule is CC(C)n1c([C@H](C)NC(=O)C[C@@H]2NC(=O)c3ccccc3NC2=O)nc2ccccc21. The Morgan fingerprint density at radius 3 is 2.58 bits per heavy atom. The predicted molar refractivity (Wildman–Crippen MR) is 118 cm³/mol. The predicted octanol–water partition coefficient (Wildman–Crippen LogP) is 2.94. The van der Waals surface area contributed by atoms with Crippen molar-refractivity contribution in [1.29, 1.82) is 0 Å². The van der Waals surface area contributed by atoms with E-state index in [9.17, 15) is 14.4 Å². The number of imidazole rings is 1. The van der Waals surface area contributed by atoms with E-state index in [1.807, 2.05) is 31.2 Å². The van der Waals surface area contributed by atoms with Gasteiger partial charge in [0.2, 0.25) is 11.8 Å². The molecular weight excluding hydrogens is 394 g/mol. The summed E-state index contributed by atoms with van der Waals surface area (Å²) in [7, 11) is 0. The maximum absolute atomic E-state index is 12.7. The third-order valence-corrected chi connectivity index (χ3v) is 5.35. The molecule has 31 heavy (non-hydrogen) atoms. The van der Waals surface area contributed by atoms with Gasteiger partial charge in [-0.2, -0.15) is 0 Å². The topological polar surface area (TPSA) is 105 Å². The third-order valence-electron chi connectivity index (χ3n) is 5.35. The minimum absolute atomic E-state index is 0.159. The number of nitrogens with zero attached hydrogens (tertiary/aromatic N) is 2. The highest BCUT2D eigenvalue weighted by molar-refractivity contribution is 6.10. The Kier molecular flexibility index (Phi) is 5.46. The number of carbonyl (C=O) groups excluding carboxylic acids is 3. The molecule has 2 aromatic carbocycles. The van der Waals surface area contributed by atoms with Crippen molar-refractivity contribution in [3.05, 3.63) is 59.9 Å². The smallest absolute Gasteiger partial charge is 0.254 e. The van der Waals surface area contributed by atoms with Gasteiger partial charge in [0, 0.05) is 6.04 Å². The Balaban J connectivity index is 1.49. The van der Waals surface area contributed by atoms with Crippen molar-refractivity contribution in [2.45, 2.75) is 45.3 Å². The van der Waals surface area contributed by atoms with Gasteiger partial charge in [-0.05, 0) is 45.0 Å². The van der Waals surface area contributed by atoms with Crippen LogP contribution in [0.2, 0.25) is 0 Å². The monoisotopic (exact) mass is 419 g/mol. The number of fused-ring (bicyclic) bond motifs is 2. The van der Waals surface area contributed by atoms with Gasteiger partial charge >= 0.3 is 0 Å². The molecule has 0 saturated heterocycles. The molecule has 0 radical (unpaired) electrons. The zero-order valence-corrected chi connectivity index (χ0v) is 17.7. The van der Waals surface area contributed by atoms with E-state index in [4.69, 9.17) is 4.98 Å². The van der Waals surface area contributed by atoms with Gasteiger partial charge in [-0.1, -0.05) is 24.3 Å². The van der Waals surface area contributed by atoms with Crippen molar-refractivity contribution in [1.82, 2.24) is 20.2 Å². The second-order valence-corrected chi connectivity index (χ2v) is 7.98. The molecule has 3 aromatic rings. The molecule has 2 heterocycles. The van der Waals surface area contributed by atoms with Gasteiger partial charge in [0.05, 0.1) is 34.7 Å². The first-order chi connectivity index (χ1) is 14.8. The van der Waals surface area contributed by atoms with Gasteiger partial charge in [-0.15, -0.1) is 0 Å². The quantitative estimate of drug-likeness (QED) is 0.591. The van der Waals surface area contributed by atoms with Gasteiger partial charge in [-0.3, -0.25) is 14.4 Å². The van der Waals surface area contributed by atoms with Crippen LogP contribution in [0.1, 0.15) is 55.5 Å². The molecule has 160 valence electrons. The first-order valence-electron chi connectivity index (χ1n) is 10.3. The molecular formula is C23H25N5O3. The molecule has 3 amide bonds. The summed E-state index contributed by atoms with van der Waals surface area (Å²) in [6.07, 6.45) is -0.169. The van der Waals surface area contributed by atoms with Crippen LogP contribution < -0.4 is 16.0 Å². The van der Waals surface area contributed by atoms with Crippen LogP contribution in [-0.2, 0) is 9.59 Å². The summed E-state index contributed by atoms with van der Waals surface area (Å²) < 4.78 is 2.09. The van der Waals surface area contributed by atoms with Crippen LogP contribution >= 0.6 is 0 Å².